The third-order valence-electron chi connectivity index (χ3n) is 2.22. The third-order valence-corrected chi connectivity index (χ3v) is 2.22. The van der Waals surface area contributed by atoms with E-state index in [-0.39, 0.29) is 12.4 Å². The summed E-state index contributed by atoms with van der Waals surface area (Å²) in [4.78, 5) is 0. The van der Waals surface area contributed by atoms with Gasteiger partial charge in [-0.2, -0.15) is 0 Å². The van der Waals surface area contributed by atoms with Crippen molar-refractivity contribution in [2.45, 2.75) is 13.3 Å². The Kier molecular flexibility index (Phi) is 4.18. The molecule has 0 aliphatic rings. The van der Waals surface area contributed by atoms with Crippen LogP contribution in [0.5, 0.6) is 11.5 Å². The number of methoxy groups -OCH3 is 1. The van der Waals surface area contributed by atoms with Crippen LogP contribution >= 0.6 is 0 Å². The molecule has 0 atom stereocenters. The Balaban J connectivity index is 2.86. The average Bonchev–Trinajstić information content (AvgIpc) is 2.27. The number of rotatable bonds is 4. The molecule has 0 radical (unpaired) electrons. The van der Waals surface area contributed by atoms with Gasteiger partial charge >= 0.3 is 0 Å². The molecule has 0 aromatic heterocycles. The van der Waals surface area contributed by atoms with Crippen molar-refractivity contribution in [2.75, 3.05) is 13.7 Å². The minimum Gasteiger partial charge on any atom is -0.504 e. The smallest absolute Gasteiger partial charge is 0.161 e. The normalized spacial score (nSPS) is 11.5. The standard InChI is InChI=1S/C12H16O3/c1-9(8-13)6-7-10-4-3-5-11(15-2)12(10)14/h3-6,13-14H,7-8H2,1-2H3/b9-6-. The van der Waals surface area contributed by atoms with E-state index in [1.807, 2.05) is 25.1 Å². The molecule has 82 valence electrons. The first-order valence-corrected chi connectivity index (χ1v) is 4.80. The summed E-state index contributed by atoms with van der Waals surface area (Å²) in [7, 11) is 1.52. The van der Waals surface area contributed by atoms with Crippen molar-refractivity contribution in [3.05, 3.63) is 35.4 Å². The number of aliphatic hydroxyl groups is 1. The largest absolute Gasteiger partial charge is 0.504 e. The first-order valence-electron chi connectivity index (χ1n) is 4.80. The fraction of sp³-hybridized carbons (Fsp3) is 0.333. The number of para-hydroxylation sites is 1. The molecule has 0 aliphatic heterocycles. The Bertz CT molecular complexity index is 356. The molecular weight excluding hydrogens is 192 g/mol. The van der Waals surface area contributed by atoms with Crippen molar-refractivity contribution >= 4 is 0 Å². The summed E-state index contributed by atoms with van der Waals surface area (Å²) >= 11 is 0. The van der Waals surface area contributed by atoms with Crippen LogP contribution in [-0.2, 0) is 6.42 Å². The van der Waals surface area contributed by atoms with Gasteiger partial charge in [0.05, 0.1) is 13.7 Å². The summed E-state index contributed by atoms with van der Waals surface area (Å²) in [6, 6.07) is 5.37. The van der Waals surface area contributed by atoms with E-state index in [2.05, 4.69) is 0 Å². The molecule has 0 saturated carbocycles. The molecule has 2 N–H and O–H groups in total. The summed E-state index contributed by atoms with van der Waals surface area (Å²) < 4.78 is 5.00. The van der Waals surface area contributed by atoms with Crippen LogP contribution in [0.25, 0.3) is 0 Å². The molecule has 1 aromatic rings. The van der Waals surface area contributed by atoms with E-state index in [0.717, 1.165) is 11.1 Å². The number of aliphatic hydroxyl groups excluding tert-OH is 1. The van der Waals surface area contributed by atoms with Crippen LogP contribution in [0.4, 0.5) is 0 Å². The maximum atomic E-state index is 9.76. The molecule has 3 heteroatoms. The molecule has 0 unspecified atom stereocenters. The lowest BCUT2D eigenvalue weighted by atomic mass is 10.1. The second-order valence-corrected chi connectivity index (χ2v) is 3.38. The van der Waals surface area contributed by atoms with Crippen molar-refractivity contribution in [1.29, 1.82) is 0 Å². The van der Waals surface area contributed by atoms with Crippen molar-refractivity contribution in [2.24, 2.45) is 0 Å². The van der Waals surface area contributed by atoms with E-state index >= 15 is 0 Å². The van der Waals surface area contributed by atoms with Gasteiger partial charge in [-0.15, -0.1) is 0 Å². The number of phenols is 1. The Hall–Kier alpha value is -1.48. The summed E-state index contributed by atoms with van der Waals surface area (Å²) in [5.74, 6) is 0.643. The predicted octanol–water partition coefficient (Wildman–Crippen LogP) is 1.88. The zero-order valence-electron chi connectivity index (χ0n) is 9.03. The van der Waals surface area contributed by atoms with Gasteiger partial charge in [-0.1, -0.05) is 23.8 Å². The summed E-state index contributed by atoms with van der Waals surface area (Å²) in [5.41, 5.74) is 1.68. The number of benzene rings is 1. The van der Waals surface area contributed by atoms with Gasteiger partial charge in [-0.25, -0.2) is 0 Å². The molecule has 0 amide bonds. The minimum atomic E-state index is 0.0464. The highest BCUT2D eigenvalue weighted by Gasteiger charge is 2.05. The van der Waals surface area contributed by atoms with Crippen LogP contribution in [0.1, 0.15) is 12.5 Å². The number of aromatic hydroxyl groups is 1. The first kappa shape index (κ1) is 11.6. The lowest BCUT2D eigenvalue weighted by Crippen LogP contribution is -1.90. The predicted molar refractivity (Wildman–Crippen MR) is 59.2 cm³/mol. The van der Waals surface area contributed by atoms with E-state index < -0.39 is 0 Å². The summed E-state index contributed by atoms with van der Waals surface area (Å²) in [5, 5.41) is 18.6. The van der Waals surface area contributed by atoms with Gasteiger partial charge in [0.25, 0.3) is 0 Å². The molecular formula is C12H16O3. The zero-order valence-corrected chi connectivity index (χ0v) is 9.03. The molecule has 1 aromatic carbocycles. The molecule has 0 spiro atoms. The van der Waals surface area contributed by atoms with E-state index in [4.69, 9.17) is 9.84 Å². The van der Waals surface area contributed by atoms with Crippen molar-refractivity contribution < 1.29 is 14.9 Å². The van der Waals surface area contributed by atoms with Crippen LogP contribution in [0.2, 0.25) is 0 Å². The summed E-state index contributed by atoms with van der Waals surface area (Å²) in [6.07, 6.45) is 2.48. The molecule has 0 saturated heterocycles. The lowest BCUT2D eigenvalue weighted by molar-refractivity contribution is 0.331. The van der Waals surface area contributed by atoms with E-state index in [9.17, 15) is 5.11 Å². The van der Waals surface area contributed by atoms with Gasteiger partial charge < -0.3 is 14.9 Å². The van der Waals surface area contributed by atoms with Gasteiger partial charge in [0.2, 0.25) is 0 Å². The minimum absolute atomic E-state index is 0.0464. The van der Waals surface area contributed by atoms with Gasteiger partial charge in [-0.3, -0.25) is 0 Å². The quantitative estimate of drug-likeness (QED) is 0.743. The third kappa shape index (κ3) is 2.99. The highest BCUT2D eigenvalue weighted by molar-refractivity contribution is 5.46. The van der Waals surface area contributed by atoms with Crippen LogP contribution in [-0.4, -0.2) is 23.9 Å². The number of allylic oxidation sites excluding steroid dienone is 1. The van der Waals surface area contributed by atoms with E-state index in [1.165, 1.54) is 7.11 Å². The second-order valence-electron chi connectivity index (χ2n) is 3.38. The fourth-order valence-corrected chi connectivity index (χ4v) is 1.25. The van der Waals surface area contributed by atoms with Crippen LogP contribution in [0.3, 0.4) is 0 Å². The highest BCUT2D eigenvalue weighted by atomic mass is 16.5. The van der Waals surface area contributed by atoms with Crippen molar-refractivity contribution in [1.82, 2.24) is 0 Å². The van der Waals surface area contributed by atoms with Crippen LogP contribution in [0.15, 0.2) is 29.8 Å². The molecule has 0 fully saturated rings. The Labute approximate surface area is 89.6 Å². The molecule has 0 aliphatic carbocycles. The van der Waals surface area contributed by atoms with Gasteiger partial charge in [0, 0.05) is 5.56 Å². The molecule has 3 nitrogen and oxygen atoms in total. The van der Waals surface area contributed by atoms with Crippen LogP contribution in [0, 0.1) is 0 Å². The molecule has 15 heavy (non-hydrogen) atoms. The number of hydrogen-bond donors (Lipinski definition) is 2. The Morgan fingerprint density at radius 3 is 2.80 bits per heavy atom. The van der Waals surface area contributed by atoms with Gasteiger partial charge in [0.15, 0.2) is 11.5 Å². The molecule has 1 rings (SSSR count). The average molecular weight is 208 g/mol. The summed E-state index contributed by atoms with van der Waals surface area (Å²) in [6.45, 7) is 1.89. The highest BCUT2D eigenvalue weighted by Crippen LogP contribution is 2.29. The topological polar surface area (TPSA) is 49.7 Å². The Morgan fingerprint density at radius 2 is 2.20 bits per heavy atom. The lowest BCUT2D eigenvalue weighted by Gasteiger charge is -2.07. The zero-order chi connectivity index (χ0) is 11.3. The maximum Gasteiger partial charge on any atom is 0.161 e. The number of hydrogen-bond acceptors (Lipinski definition) is 3. The van der Waals surface area contributed by atoms with Gasteiger partial charge in [-0.05, 0) is 19.4 Å². The number of phenolic OH excluding ortho intramolecular Hbond substituents is 1. The Morgan fingerprint density at radius 1 is 1.47 bits per heavy atom. The fourth-order valence-electron chi connectivity index (χ4n) is 1.25. The van der Waals surface area contributed by atoms with Gasteiger partial charge in [0.1, 0.15) is 0 Å². The van der Waals surface area contributed by atoms with Crippen LogP contribution < -0.4 is 4.74 Å². The monoisotopic (exact) mass is 208 g/mol. The second kappa shape index (κ2) is 5.41. The van der Waals surface area contributed by atoms with E-state index in [1.54, 1.807) is 6.07 Å². The van der Waals surface area contributed by atoms with E-state index in [0.29, 0.717) is 12.2 Å². The van der Waals surface area contributed by atoms with Crippen molar-refractivity contribution in [3.8, 4) is 11.5 Å². The first-order chi connectivity index (χ1) is 7.19. The number of ether oxygens (including phenoxy) is 1. The SMILES string of the molecule is COc1cccc(C/C=C(/C)CO)c1O. The molecule has 0 bridgehead atoms. The molecule has 0 heterocycles. The maximum absolute atomic E-state index is 9.76. The van der Waals surface area contributed by atoms with Crippen molar-refractivity contribution in [3.63, 3.8) is 0 Å².